The predicted octanol–water partition coefficient (Wildman–Crippen LogP) is 7.36. The summed E-state index contributed by atoms with van der Waals surface area (Å²) < 4.78 is 20.0. The van der Waals surface area contributed by atoms with Crippen LogP contribution in [-0.2, 0) is 4.74 Å². The molecule has 2 spiro atoms. The van der Waals surface area contributed by atoms with Gasteiger partial charge in [0.1, 0.15) is 13.2 Å². The first-order chi connectivity index (χ1) is 17.3. The van der Waals surface area contributed by atoms with Crippen LogP contribution in [0.4, 0.5) is 4.39 Å². The van der Waals surface area contributed by atoms with Gasteiger partial charge in [-0.3, -0.25) is 0 Å². The van der Waals surface area contributed by atoms with Gasteiger partial charge in [0.25, 0.3) is 0 Å². The molecule has 1 saturated heterocycles. The van der Waals surface area contributed by atoms with E-state index < -0.39 is 11.3 Å². The minimum atomic E-state index is -0.555. The van der Waals surface area contributed by atoms with Crippen LogP contribution in [0.3, 0.4) is 0 Å². The van der Waals surface area contributed by atoms with Crippen molar-refractivity contribution in [3.05, 3.63) is 76.5 Å². The molecule has 4 heteroatoms. The lowest BCUT2D eigenvalue weighted by atomic mass is 9.58. The van der Waals surface area contributed by atoms with E-state index in [0.29, 0.717) is 11.8 Å². The first-order valence-electron chi connectivity index (χ1n) is 14.0. The molecule has 3 aliphatic carbocycles. The molecule has 7 rings (SSSR count). The molecule has 2 unspecified atom stereocenters. The quantitative estimate of drug-likeness (QED) is 0.333. The standard InChI is InChI=1S/C32H38FNO2/c1-30-14-13-26-20-25-9-10-27(34(2,35)18-17-33)21-31(25)15-16-32(26,36-31)29(30)12-11-28(30)24-8-7-22-5-3-4-6-23(22)19-24/h3-8,13,19-20,27-29H,9-12,14-18,21H2,1-2H3/t27-,28+,29+,30+,31+,32?,34?/m0/s1. The predicted molar refractivity (Wildman–Crippen MR) is 142 cm³/mol. The number of halogens is 1. The van der Waals surface area contributed by atoms with Crippen LogP contribution in [0.5, 0.6) is 0 Å². The Labute approximate surface area is 214 Å². The van der Waals surface area contributed by atoms with Gasteiger partial charge in [-0.05, 0) is 83.3 Å². The number of hydrogen-bond acceptors (Lipinski definition) is 2. The maximum Gasteiger partial charge on any atom is 0.139 e. The van der Waals surface area contributed by atoms with Crippen molar-refractivity contribution in [2.24, 2.45) is 11.3 Å². The summed E-state index contributed by atoms with van der Waals surface area (Å²) in [7, 11) is 1.66. The number of quaternary nitrogens is 1. The Morgan fingerprint density at radius 2 is 1.92 bits per heavy atom. The van der Waals surface area contributed by atoms with E-state index in [1.54, 1.807) is 7.05 Å². The number of nitrogens with zero attached hydrogens (tertiary/aromatic N) is 1. The van der Waals surface area contributed by atoms with E-state index in [-0.39, 0.29) is 29.2 Å². The molecule has 2 heterocycles. The Morgan fingerprint density at radius 1 is 1.08 bits per heavy atom. The normalized spacial score (nSPS) is 40.6. The molecule has 0 aromatic heterocycles. The van der Waals surface area contributed by atoms with Crippen molar-refractivity contribution in [3.8, 4) is 0 Å². The summed E-state index contributed by atoms with van der Waals surface area (Å²) in [5, 5.41) is 15.9. The summed E-state index contributed by atoms with van der Waals surface area (Å²) in [5.74, 6) is 1.01. The summed E-state index contributed by atoms with van der Waals surface area (Å²) in [4.78, 5) is 0. The summed E-state index contributed by atoms with van der Waals surface area (Å²) in [6, 6.07) is 15.7. The van der Waals surface area contributed by atoms with Gasteiger partial charge in [-0.15, -0.1) is 0 Å². The lowest BCUT2D eigenvalue weighted by molar-refractivity contribution is -0.888. The zero-order valence-electron chi connectivity index (χ0n) is 21.6. The number of allylic oxidation sites excluding steroid dienone is 1. The third kappa shape index (κ3) is 3.07. The van der Waals surface area contributed by atoms with Gasteiger partial charge in [-0.1, -0.05) is 61.5 Å². The number of ether oxygens (including phenoxy) is 1. The molecule has 2 bridgehead atoms. The second-order valence-corrected chi connectivity index (χ2v) is 12.8. The third-order valence-electron chi connectivity index (χ3n) is 11.1. The molecule has 7 atom stereocenters. The van der Waals surface area contributed by atoms with Gasteiger partial charge in [-0.2, -0.15) is 0 Å². The number of alkyl halides is 1. The Hall–Kier alpha value is -2.01. The number of hydroxylamine groups is 3. The fourth-order valence-corrected chi connectivity index (χ4v) is 9.17. The van der Waals surface area contributed by atoms with Crippen LogP contribution in [0, 0.1) is 16.5 Å². The van der Waals surface area contributed by atoms with Crippen molar-refractivity contribution < 1.29 is 13.8 Å². The van der Waals surface area contributed by atoms with E-state index in [1.807, 2.05) is 0 Å². The minimum Gasteiger partial charge on any atom is -0.633 e. The van der Waals surface area contributed by atoms with Crippen LogP contribution in [0.15, 0.2) is 65.8 Å². The molecule has 2 saturated carbocycles. The number of rotatable bonds is 4. The highest BCUT2D eigenvalue weighted by Crippen LogP contribution is 2.69. The fourth-order valence-electron chi connectivity index (χ4n) is 9.17. The first-order valence-corrected chi connectivity index (χ1v) is 14.0. The third-order valence-corrected chi connectivity index (χ3v) is 11.1. The second-order valence-electron chi connectivity index (χ2n) is 12.8. The number of fused-ring (bicyclic) bond motifs is 2. The number of benzene rings is 2. The minimum absolute atomic E-state index is 0.0459. The van der Waals surface area contributed by atoms with Gasteiger partial charge < -0.3 is 14.6 Å². The lowest BCUT2D eigenvalue weighted by Crippen LogP contribution is -2.58. The molecule has 0 radical (unpaired) electrons. The van der Waals surface area contributed by atoms with Crippen LogP contribution in [0.1, 0.15) is 69.8 Å². The van der Waals surface area contributed by atoms with Gasteiger partial charge >= 0.3 is 0 Å². The van der Waals surface area contributed by atoms with E-state index in [4.69, 9.17) is 4.74 Å². The Balaban J connectivity index is 1.24. The Bertz CT molecular complexity index is 1280. The number of hydrogen-bond donors (Lipinski definition) is 0. The maximum atomic E-state index is 13.2. The molecular formula is C32H38FNO2. The van der Waals surface area contributed by atoms with E-state index in [1.165, 1.54) is 40.3 Å². The van der Waals surface area contributed by atoms with Crippen molar-refractivity contribution in [1.29, 1.82) is 0 Å². The van der Waals surface area contributed by atoms with Crippen LogP contribution < -0.4 is 0 Å². The van der Waals surface area contributed by atoms with Gasteiger partial charge in [0, 0.05) is 12.8 Å². The van der Waals surface area contributed by atoms with Crippen LogP contribution >= 0.6 is 0 Å². The summed E-state index contributed by atoms with van der Waals surface area (Å²) in [6.07, 6.45) is 13.0. The summed E-state index contributed by atoms with van der Waals surface area (Å²) in [5.41, 5.74) is 3.89. The zero-order chi connectivity index (χ0) is 24.8. The molecule has 190 valence electrons. The molecule has 2 aromatic carbocycles. The first kappa shape index (κ1) is 23.1. The van der Waals surface area contributed by atoms with Crippen LogP contribution in [-0.4, -0.2) is 42.2 Å². The smallest absolute Gasteiger partial charge is 0.139 e. The van der Waals surface area contributed by atoms with Crippen LogP contribution in [0.2, 0.25) is 0 Å². The fraction of sp³-hybridized carbons (Fsp3) is 0.562. The molecule has 5 aliphatic rings. The van der Waals surface area contributed by atoms with Crippen molar-refractivity contribution >= 4 is 10.8 Å². The largest absolute Gasteiger partial charge is 0.633 e. The molecular weight excluding hydrogens is 449 g/mol. The average Bonchev–Trinajstić information content (AvgIpc) is 3.38. The molecule has 3 fully saturated rings. The van der Waals surface area contributed by atoms with Crippen molar-refractivity contribution in [3.63, 3.8) is 0 Å². The molecule has 3 nitrogen and oxygen atoms in total. The zero-order valence-corrected chi connectivity index (χ0v) is 21.6. The van der Waals surface area contributed by atoms with Gasteiger partial charge in [0.2, 0.25) is 0 Å². The van der Waals surface area contributed by atoms with E-state index >= 15 is 0 Å². The molecule has 2 aromatic rings. The topological polar surface area (TPSA) is 32.3 Å². The Kier molecular flexibility index (Phi) is 4.98. The van der Waals surface area contributed by atoms with E-state index in [0.717, 1.165) is 38.5 Å². The van der Waals surface area contributed by atoms with Gasteiger partial charge in [0.05, 0.1) is 24.3 Å². The molecule has 0 N–H and O–H groups in total. The van der Waals surface area contributed by atoms with E-state index in [2.05, 4.69) is 61.5 Å². The highest BCUT2D eigenvalue weighted by Gasteiger charge is 2.67. The molecule has 0 amide bonds. The second kappa shape index (κ2) is 7.75. The summed E-state index contributed by atoms with van der Waals surface area (Å²) in [6.45, 7) is 2.00. The van der Waals surface area contributed by atoms with Crippen molar-refractivity contribution in [2.45, 2.75) is 81.5 Å². The molecule has 36 heavy (non-hydrogen) atoms. The molecule has 2 aliphatic heterocycles. The van der Waals surface area contributed by atoms with Gasteiger partial charge in [-0.25, -0.2) is 4.39 Å². The summed E-state index contributed by atoms with van der Waals surface area (Å²) >= 11 is 0. The van der Waals surface area contributed by atoms with Crippen molar-refractivity contribution in [2.75, 3.05) is 20.3 Å². The van der Waals surface area contributed by atoms with Gasteiger partial charge in [0.15, 0.2) is 0 Å². The highest BCUT2D eigenvalue weighted by atomic mass is 19.1. The Morgan fingerprint density at radius 3 is 2.75 bits per heavy atom. The highest BCUT2D eigenvalue weighted by molar-refractivity contribution is 5.83. The monoisotopic (exact) mass is 487 g/mol. The lowest BCUT2D eigenvalue weighted by Gasteiger charge is -2.56. The SMILES string of the molecule is C[C@]12CC=C3C=C4CC[C@H]([N+](C)([O-])CCF)C[C@]45CCC3(O5)[C@@H]1CC[C@@H]2c1ccc2ccccc2c1. The van der Waals surface area contributed by atoms with Crippen LogP contribution in [0.25, 0.3) is 10.8 Å². The maximum absolute atomic E-state index is 13.2. The van der Waals surface area contributed by atoms with Crippen molar-refractivity contribution in [1.82, 2.24) is 0 Å². The van der Waals surface area contributed by atoms with E-state index in [9.17, 15) is 9.60 Å². The average molecular weight is 488 g/mol.